The maximum Gasteiger partial charge on any atom is 0.363 e. The van der Waals surface area contributed by atoms with Gasteiger partial charge < -0.3 is 4.74 Å². The predicted octanol–water partition coefficient (Wildman–Crippen LogP) is 4.35. The average molecular weight is 345 g/mol. The van der Waals surface area contributed by atoms with E-state index in [1.54, 1.807) is 6.08 Å². The first-order valence-electron chi connectivity index (χ1n) is 8.64. The van der Waals surface area contributed by atoms with Gasteiger partial charge in [-0.25, -0.2) is 14.5 Å². The molecule has 5 nitrogen and oxygen atoms in total. The van der Waals surface area contributed by atoms with Gasteiger partial charge in [0.2, 0.25) is 0 Å². The van der Waals surface area contributed by atoms with Gasteiger partial charge in [-0.15, -0.1) is 0 Å². The van der Waals surface area contributed by atoms with Gasteiger partial charge >= 0.3 is 5.97 Å². The van der Waals surface area contributed by atoms with Crippen LogP contribution in [0.4, 0.5) is 0 Å². The molecule has 1 aliphatic heterocycles. The Morgan fingerprint density at radius 1 is 1.12 bits per heavy atom. The average Bonchev–Trinajstić information content (AvgIpc) is 3.15. The van der Waals surface area contributed by atoms with Crippen molar-refractivity contribution in [2.75, 3.05) is 0 Å². The van der Waals surface area contributed by atoms with Gasteiger partial charge in [0.1, 0.15) is 0 Å². The van der Waals surface area contributed by atoms with Gasteiger partial charge in [0.15, 0.2) is 11.6 Å². The number of benzene rings is 2. The lowest BCUT2D eigenvalue weighted by molar-refractivity contribution is -0.130. The van der Waals surface area contributed by atoms with E-state index >= 15 is 0 Å². The molecule has 130 valence electrons. The standard InChI is InChI=1S/C21H19N3O2/c1-4-20-22-18(21(25)26-20)12-17-13(2)23-24(14(17)3)19-11-7-9-15-8-5-6-10-16(15)19/h5-12H,4H2,1-3H3/b18-12-. The van der Waals surface area contributed by atoms with E-state index in [-0.39, 0.29) is 0 Å². The van der Waals surface area contributed by atoms with Gasteiger partial charge in [-0.1, -0.05) is 43.3 Å². The highest BCUT2D eigenvalue weighted by Crippen LogP contribution is 2.27. The molecule has 2 aromatic carbocycles. The number of carbonyl (C=O) groups excluding carboxylic acids is 1. The highest BCUT2D eigenvalue weighted by molar-refractivity contribution is 6.07. The topological polar surface area (TPSA) is 56.5 Å². The highest BCUT2D eigenvalue weighted by Gasteiger charge is 2.23. The van der Waals surface area contributed by atoms with Gasteiger partial charge in [0, 0.05) is 23.1 Å². The summed E-state index contributed by atoms with van der Waals surface area (Å²) in [6.07, 6.45) is 2.36. The van der Waals surface area contributed by atoms with E-state index < -0.39 is 5.97 Å². The Balaban J connectivity index is 1.86. The molecule has 0 bridgehead atoms. The predicted molar refractivity (Wildman–Crippen MR) is 102 cm³/mol. The van der Waals surface area contributed by atoms with Crippen LogP contribution in [-0.2, 0) is 9.53 Å². The Morgan fingerprint density at radius 3 is 2.65 bits per heavy atom. The van der Waals surface area contributed by atoms with Gasteiger partial charge in [-0.3, -0.25) is 0 Å². The largest absolute Gasteiger partial charge is 0.407 e. The monoisotopic (exact) mass is 345 g/mol. The smallest absolute Gasteiger partial charge is 0.363 e. The van der Waals surface area contributed by atoms with Crippen molar-refractivity contribution in [3.8, 4) is 5.69 Å². The van der Waals surface area contributed by atoms with Crippen LogP contribution in [-0.4, -0.2) is 21.6 Å². The molecule has 0 radical (unpaired) electrons. The Bertz CT molecular complexity index is 1080. The number of fused-ring (bicyclic) bond motifs is 1. The number of ether oxygens (including phenoxy) is 1. The minimum Gasteiger partial charge on any atom is -0.407 e. The number of hydrogen-bond acceptors (Lipinski definition) is 4. The second-order valence-corrected chi connectivity index (χ2v) is 6.27. The molecule has 1 aliphatic rings. The first-order chi connectivity index (χ1) is 12.6. The van der Waals surface area contributed by atoms with Crippen molar-refractivity contribution >= 4 is 28.7 Å². The molecular weight excluding hydrogens is 326 g/mol. The molecule has 0 atom stereocenters. The first-order valence-corrected chi connectivity index (χ1v) is 8.64. The van der Waals surface area contributed by atoms with E-state index in [4.69, 9.17) is 9.84 Å². The highest BCUT2D eigenvalue weighted by atomic mass is 16.6. The van der Waals surface area contributed by atoms with Gasteiger partial charge in [-0.2, -0.15) is 5.10 Å². The van der Waals surface area contributed by atoms with Crippen molar-refractivity contribution in [1.29, 1.82) is 0 Å². The number of hydrogen-bond donors (Lipinski definition) is 0. The molecule has 1 aromatic heterocycles. The fourth-order valence-corrected chi connectivity index (χ4v) is 3.23. The minimum atomic E-state index is -0.404. The number of aliphatic imine (C=N–C) groups is 1. The molecular formula is C21H19N3O2. The molecule has 2 heterocycles. The first kappa shape index (κ1) is 16.3. The van der Waals surface area contributed by atoms with Crippen LogP contribution in [0.15, 0.2) is 53.2 Å². The number of rotatable bonds is 3. The van der Waals surface area contributed by atoms with E-state index in [0.717, 1.165) is 33.4 Å². The van der Waals surface area contributed by atoms with E-state index in [1.807, 2.05) is 43.7 Å². The summed E-state index contributed by atoms with van der Waals surface area (Å²) >= 11 is 0. The number of cyclic esters (lactones) is 1. The third-order valence-electron chi connectivity index (χ3n) is 4.59. The second kappa shape index (κ2) is 6.26. The quantitative estimate of drug-likeness (QED) is 0.524. The Kier molecular flexibility index (Phi) is 3.92. The van der Waals surface area contributed by atoms with Crippen LogP contribution < -0.4 is 0 Å². The fourth-order valence-electron chi connectivity index (χ4n) is 3.23. The summed E-state index contributed by atoms with van der Waals surface area (Å²) in [7, 11) is 0. The lowest BCUT2D eigenvalue weighted by atomic mass is 10.1. The van der Waals surface area contributed by atoms with Crippen molar-refractivity contribution in [2.24, 2.45) is 4.99 Å². The molecule has 5 heteroatoms. The summed E-state index contributed by atoms with van der Waals surface area (Å²) in [6, 6.07) is 14.4. The van der Waals surface area contributed by atoms with E-state index in [9.17, 15) is 4.79 Å². The lowest BCUT2D eigenvalue weighted by Gasteiger charge is -2.08. The Hall–Kier alpha value is -3.21. The summed E-state index contributed by atoms with van der Waals surface area (Å²) < 4.78 is 7.07. The third-order valence-corrected chi connectivity index (χ3v) is 4.59. The summed E-state index contributed by atoms with van der Waals surface area (Å²) in [4.78, 5) is 16.3. The summed E-state index contributed by atoms with van der Waals surface area (Å²) in [6.45, 7) is 5.84. The molecule has 0 spiro atoms. The molecule has 0 unspecified atom stereocenters. The zero-order chi connectivity index (χ0) is 18.3. The van der Waals surface area contributed by atoms with E-state index in [2.05, 4.69) is 29.3 Å². The van der Waals surface area contributed by atoms with Crippen LogP contribution in [0, 0.1) is 13.8 Å². The van der Waals surface area contributed by atoms with E-state index in [0.29, 0.717) is 18.0 Å². The normalized spacial score (nSPS) is 15.6. The van der Waals surface area contributed by atoms with Gasteiger partial charge in [0.25, 0.3) is 0 Å². The molecule has 0 saturated carbocycles. The number of esters is 1. The van der Waals surface area contributed by atoms with Crippen LogP contribution in [0.1, 0.15) is 30.3 Å². The Morgan fingerprint density at radius 2 is 1.88 bits per heavy atom. The lowest BCUT2D eigenvalue weighted by Crippen LogP contribution is -2.02. The van der Waals surface area contributed by atoms with Gasteiger partial charge in [0.05, 0.1) is 11.4 Å². The molecule has 26 heavy (non-hydrogen) atoms. The van der Waals surface area contributed by atoms with Crippen molar-refractivity contribution in [1.82, 2.24) is 9.78 Å². The fraction of sp³-hybridized carbons (Fsp3) is 0.190. The SMILES string of the molecule is CCC1=N/C(=C\c2c(C)nn(-c3cccc4ccccc34)c2C)C(=O)O1. The third kappa shape index (κ3) is 2.62. The number of nitrogens with zero attached hydrogens (tertiary/aromatic N) is 3. The summed E-state index contributed by atoms with van der Waals surface area (Å²) in [5.74, 6) is 0.0524. The van der Waals surface area contributed by atoms with Crippen molar-refractivity contribution in [3.05, 3.63) is 65.1 Å². The van der Waals surface area contributed by atoms with Crippen LogP contribution in [0.2, 0.25) is 0 Å². The van der Waals surface area contributed by atoms with Crippen LogP contribution in [0.5, 0.6) is 0 Å². The number of aryl methyl sites for hydroxylation is 1. The van der Waals surface area contributed by atoms with Crippen molar-refractivity contribution in [2.45, 2.75) is 27.2 Å². The molecule has 0 aliphatic carbocycles. The zero-order valence-electron chi connectivity index (χ0n) is 15.0. The van der Waals surface area contributed by atoms with Crippen LogP contribution >= 0.6 is 0 Å². The molecule has 0 amide bonds. The summed E-state index contributed by atoms with van der Waals surface area (Å²) in [5.41, 5.74) is 4.03. The zero-order valence-corrected chi connectivity index (χ0v) is 15.0. The van der Waals surface area contributed by atoms with Gasteiger partial charge in [-0.05, 0) is 31.4 Å². The van der Waals surface area contributed by atoms with Crippen molar-refractivity contribution < 1.29 is 9.53 Å². The van der Waals surface area contributed by atoms with Crippen LogP contribution in [0.3, 0.4) is 0 Å². The number of carbonyl (C=O) groups is 1. The molecule has 0 fully saturated rings. The molecule has 0 saturated heterocycles. The minimum absolute atomic E-state index is 0.325. The molecule has 4 rings (SSSR count). The van der Waals surface area contributed by atoms with Crippen molar-refractivity contribution in [3.63, 3.8) is 0 Å². The molecule has 0 N–H and O–H groups in total. The Labute approximate surface area is 151 Å². The maximum atomic E-state index is 12.0. The van der Waals surface area contributed by atoms with Crippen LogP contribution in [0.25, 0.3) is 22.5 Å². The van der Waals surface area contributed by atoms with E-state index in [1.165, 1.54) is 0 Å². The maximum absolute atomic E-state index is 12.0. The number of aromatic nitrogens is 2. The second-order valence-electron chi connectivity index (χ2n) is 6.27. The molecule has 3 aromatic rings. The summed E-state index contributed by atoms with van der Waals surface area (Å²) in [5, 5.41) is 7.00.